The summed E-state index contributed by atoms with van der Waals surface area (Å²) in [5.41, 5.74) is 7.45. The van der Waals surface area contributed by atoms with Crippen molar-refractivity contribution in [3.63, 3.8) is 0 Å². The Hall–Kier alpha value is -1.64. The molecular weight excluding hydrogens is 316 g/mol. The molecular formula is C15H22N4O3S. The summed E-state index contributed by atoms with van der Waals surface area (Å²) in [6, 6.07) is 6.77. The molecule has 1 aromatic carbocycles. The molecule has 23 heavy (non-hydrogen) atoms. The van der Waals surface area contributed by atoms with Crippen LogP contribution >= 0.6 is 0 Å². The van der Waals surface area contributed by atoms with E-state index in [1.807, 2.05) is 0 Å². The molecule has 0 aromatic heterocycles. The lowest BCUT2D eigenvalue weighted by Gasteiger charge is -2.26. The van der Waals surface area contributed by atoms with Crippen molar-refractivity contribution in [2.24, 2.45) is 5.92 Å². The van der Waals surface area contributed by atoms with Crippen LogP contribution in [0.25, 0.3) is 0 Å². The Morgan fingerprint density at radius 3 is 2.43 bits per heavy atom. The second-order valence-corrected chi connectivity index (χ2v) is 8.01. The van der Waals surface area contributed by atoms with Crippen LogP contribution in [0.5, 0.6) is 0 Å². The van der Waals surface area contributed by atoms with Crippen LogP contribution < -0.4 is 20.9 Å². The number of hydrogen-bond acceptors (Lipinski definition) is 5. The molecule has 7 nitrogen and oxygen atoms in total. The van der Waals surface area contributed by atoms with E-state index < -0.39 is 10.0 Å². The Morgan fingerprint density at radius 1 is 1.09 bits per heavy atom. The fraction of sp³-hybridized carbons (Fsp3) is 0.533. The molecule has 3 unspecified atom stereocenters. The van der Waals surface area contributed by atoms with Gasteiger partial charge in [0.1, 0.15) is 6.04 Å². The Labute approximate surface area is 136 Å². The van der Waals surface area contributed by atoms with Gasteiger partial charge in [-0.1, -0.05) is 12.8 Å². The predicted molar refractivity (Wildman–Crippen MR) is 89.3 cm³/mol. The zero-order chi connectivity index (χ0) is 16.4. The van der Waals surface area contributed by atoms with Gasteiger partial charge in [-0.2, -0.15) is 0 Å². The molecule has 0 spiro atoms. The molecule has 0 bridgehead atoms. The van der Waals surface area contributed by atoms with E-state index in [0.717, 1.165) is 19.1 Å². The summed E-state index contributed by atoms with van der Waals surface area (Å²) in [5, 5.41) is 2.89. The third-order valence-corrected chi connectivity index (χ3v) is 5.02. The lowest BCUT2D eigenvalue weighted by molar-refractivity contribution is -0.118. The lowest BCUT2D eigenvalue weighted by atomic mass is 9.81. The third kappa shape index (κ3) is 4.01. The van der Waals surface area contributed by atoms with Crippen molar-refractivity contribution in [2.75, 3.05) is 16.3 Å². The predicted octanol–water partition coefficient (Wildman–Crippen LogP) is 1.03. The van der Waals surface area contributed by atoms with Crippen molar-refractivity contribution in [1.29, 1.82) is 0 Å². The number of sulfonamides is 1. The topological polar surface area (TPSA) is 99.3 Å². The second-order valence-electron chi connectivity index (χ2n) is 6.26. The average molecular weight is 338 g/mol. The van der Waals surface area contributed by atoms with Gasteiger partial charge in [0.2, 0.25) is 15.9 Å². The van der Waals surface area contributed by atoms with Crippen LogP contribution in [-0.4, -0.2) is 32.7 Å². The smallest absolute Gasteiger partial charge is 0.243 e. The zero-order valence-corrected chi connectivity index (χ0v) is 13.8. The van der Waals surface area contributed by atoms with Gasteiger partial charge in [0.05, 0.1) is 6.26 Å². The lowest BCUT2D eigenvalue weighted by Crippen LogP contribution is -2.42. The van der Waals surface area contributed by atoms with Gasteiger partial charge < -0.3 is 5.32 Å². The number of fused-ring (bicyclic) bond motifs is 1. The molecule has 1 amide bonds. The molecule has 2 aliphatic rings. The molecule has 2 fully saturated rings. The van der Waals surface area contributed by atoms with Crippen LogP contribution in [0.15, 0.2) is 24.3 Å². The largest absolute Gasteiger partial charge is 0.325 e. The molecule has 1 saturated carbocycles. The zero-order valence-electron chi connectivity index (χ0n) is 13.0. The van der Waals surface area contributed by atoms with E-state index in [4.69, 9.17) is 0 Å². The number of rotatable bonds is 4. The van der Waals surface area contributed by atoms with Gasteiger partial charge in [-0.05, 0) is 37.1 Å². The van der Waals surface area contributed by atoms with Crippen LogP contribution in [0.1, 0.15) is 25.7 Å². The van der Waals surface area contributed by atoms with Gasteiger partial charge in [0, 0.05) is 23.3 Å². The number of benzene rings is 1. The van der Waals surface area contributed by atoms with Crippen molar-refractivity contribution in [3.8, 4) is 0 Å². The maximum Gasteiger partial charge on any atom is 0.243 e. The van der Waals surface area contributed by atoms with Gasteiger partial charge in [-0.3, -0.25) is 14.9 Å². The Morgan fingerprint density at radius 2 is 1.74 bits per heavy atom. The van der Waals surface area contributed by atoms with E-state index in [9.17, 15) is 13.2 Å². The highest BCUT2D eigenvalue weighted by molar-refractivity contribution is 7.92. The highest BCUT2D eigenvalue weighted by atomic mass is 32.2. The van der Waals surface area contributed by atoms with Crippen LogP contribution in [-0.2, 0) is 14.8 Å². The first-order valence-corrected chi connectivity index (χ1v) is 9.71. The maximum atomic E-state index is 12.5. The van der Waals surface area contributed by atoms with E-state index in [1.54, 1.807) is 24.3 Å². The number of hydrogen-bond donors (Lipinski definition) is 4. The highest BCUT2D eigenvalue weighted by Crippen LogP contribution is 2.30. The van der Waals surface area contributed by atoms with Crippen molar-refractivity contribution >= 4 is 27.3 Å². The molecule has 0 radical (unpaired) electrons. The highest BCUT2D eigenvalue weighted by Gasteiger charge is 2.40. The summed E-state index contributed by atoms with van der Waals surface area (Å²) < 4.78 is 24.7. The van der Waals surface area contributed by atoms with E-state index >= 15 is 0 Å². The number of carbonyl (C=O) groups excluding carboxylic acids is 1. The number of carbonyl (C=O) groups is 1. The van der Waals surface area contributed by atoms with E-state index in [-0.39, 0.29) is 11.9 Å². The van der Waals surface area contributed by atoms with Gasteiger partial charge in [0.25, 0.3) is 0 Å². The molecule has 1 aliphatic heterocycles. The van der Waals surface area contributed by atoms with Crippen molar-refractivity contribution in [3.05, 3.63) is 24.3 Å². The molecule has 1 heterocycles. The van der Waals surface area contributed by atoms with Crippen molar-refractivity contribution in [1.82, 2.24) is 10.9 Å². The SMILES string of the molecule is CS(=O)(=O)Nc1ccc(NC(=O)C2NNC3CCCCC32)cc1. The minimum Gasteiger partial charge on any atom is -0.325 e. The molecule has 1 aliphatic carbocycles. The fourth-order valence-electron chi connectivity index (χ4n) is 3.36. The number of hydrazine groups is 1. The molecule has 1 saturated heterocycles. The van der Waals surface area contributed by atoms with Crippen LogP contribution in [0.4, 0.5) is 11.4 Å². The molecule has 3 atom stereocenters. The van der Waals surface area contributed by atoms with Crippen LogP contribution in [0.3, 0.4) is 0 Å². The molecule has 4 N–H and O–H groups in total. The Balaban J connectivity index is 1.61. The Bertz CT molecular complexity index is 674. The monoisotopic (exact) mass is 338 g/mol. The molecule has 126 valence electrons. The average Bonchev–Trinajstić information content (AvgIpc) is 2.92. The van der Waals surface area contributed by atoms with Gasteiger partial charge >= 0.3 is 0 Å². The van der Waals surface area contributed by atoms with Crippen molar-refractivity contribution < 1.29 is 13.2 Å². The fourth-order valence-corrected chi connectivity index (χ4v) is 3.92. The molecule has 8 heteroatoms. The number of amides is 1. The standard InChI is InChI=1S/C15H22N4O3S/c1-23(21,22)19-11-8-6-10(7-9-11)16-15(20)14-12-4-2-3-5-13(12)17-18-14/h6-9,12-14,17-19H,2-5H2,1H3,(H,16,20). The Kier molecular flexibility index (Phi) is 4.56. The van der Waals surface area contributed by atoms with E-state index in [1.165, 1.54) is 12.8 Å². The van der Waals surface area contributed by atoms with Crippen LogP contribution in [0, 0.1) is 5.92 Å². The summed E-state index contributed by atoms with van der Waals surface area (Å²) in [5.74, 6) is 0.269. The minimum absolute atomic E-state index is 0.0595. The quantitative estimate of drug-likeness (QED) is 0.657. The molecule has 3 rings (SSSR count). The molecule has 1 aromatic rings. The normalized spacial score (nSPS) is 27.3. The summed E-state index contributed by atoms with van der Waals surface area (Å²) in [4.78, 5) is 12.5. The third-order valence-electron chi connectivity index (χ3n) is 4.41. The first-order chi connectivity index (χ1) is 10.9. The van der Waals surface area contributed by atoms with Gasteiger partial charge in [-0.15, -0.1) is 0 Å². The maximum absolute atomic E-state index is 12.5. The van der Waals surface area contributed by atoms with Crippen LogP contribution in [0.2, 0.25) is 0 Å². The summed E-state index contributed by atoms with van der Waals surface area (Å²) >= 11 is 0. The summed E-state index contributed by atoms with van der Waals surface area (Å²) in [6.07, 6.45) is 5.63. The van der Waals surface area contributed by atoms with Gasteiger partial charge in [0.15, 0.2) is 0 Å². The number of anilines is 2. The summed E-state index contributed by atoms with van der Waals surface area (Å²) in [7, 11) is -3.30. The summed E-state index contributed by atoms with van der Waals surface area (Å²) in [6.45, 7) is 0. The van der Waals surface area contributed by atoms with E-state index in [2.05, 4.69) is 20.9 Å². The first kappa shape index (κ1) is 16.2. The van der Waals surface area contributed by atoms with Gasteiger partial charge in [-0.25, -0.2) is 13.8 Å². The minimum atomic E-state index is -3.30. The number of nitrogens with one attached hydrogen (secondary N) is 4. The first-order valence-electron chi connectivity index (χ1n) is 7.82. The van der Waals surface area contributed by atoms with Crippen molar-refractivity contribution in [2.45, 2.75) is 37.8 Å². The van der Waals surface area contributed by atoms with E-state index in [0.29, 0.717) is 23.3 Å². The second kappa shape index (κ2) is 6.46.